The molecule has 0 saturated carbocycles. The summed E-state index contributed by atoms with van der Waals surface area (Å²) < 4.78 is 0. The summed E-state index contributed by atoms with van der Waals surface area (Å²) in [6.07, 6.45) is 3.67. The van der Waals surface area contributed by atoms with Crippen LogP contribution in [0.2, 0.25) is 5.02 Å². The van der Waals surface area contributed by atoms with Crippen molar-refractivity contribution in [1.82, 2.24) is 20.2 Å². The van der Waals surface area contributed by atoms with Crippen LogP contribution in [0.5, 0.6) is 0 Å². The summed E-state index contributed by atoms with van der Waals surface area (Å²) in [6, 6.07) is 9.10. The smallest absolute Gasteiger partial charge is 0.186 e. The lowest BCUT2D eigenvalue weighted by Gasteiger charge is -2.36. The average molecular weight is 355 g/mol. The van der Waals surface area contributed by atoms with Gasteiger partial charge in [-0.15, -0.1) is 0 Å². The summed E-state index contributed by atoms with van der Waals surface area (Å²) in [7, 11) is 0. The Hall–Kier alpha value is -2.34. The van der Waals surface area contributed by atoms with Crippen LogP contribution in [0.4, 0.5) is 11.5 Å². The number of benzene rings is 1. The van der Waals surface area contributed by atoms with E-state index in [0.717, 1.165) is 53.5 Å². The van der Waals surface area contributed by atoms with Gasteiger partial charge in [-0.3, -0.25) is 5.10 Å². The van der Waals surface area contributed by atoms with Gasteiger partial charge in [-0.1, -0.05) is 24.6 Å². The van der Waals surface area contributed by atoms with Gasteiger partial charge in [-0.2, -0.15) is 5.10 Å². The number of aryl methyl sites for hydroxylation is 1. The summed E-state index contributed by atoms with van der Waals surface area (Å²) in [5.74, 6) is 1.02. The maximum absolute atomic E-state index is 6.17. The van der Waals surface area contributed by atoms with Crippen LogP contribution in [0, 0.1) is 0 Å². The minimum absolute atomic E-state index is 0.460. The average Bonchev–Trinajstić information content (AvgIpc) is 3.34. The number of anilines is 2. The number of hydrogen-bond donors (Lipinski definition) is 1. The van der Waals surface area contributed by atoms with E-state index in [1.165, 1.54) is 5.69 Å². The van der Waals surface area contributed by atoms with E-state index in [9.17, 15) is 0 Å². The molecular formula is C18H19ClN6. The number of aromatic nitrogens is 4. The van der Waals surface area contributed by atoms with E-state index in [-0.39, 0.29) is 0 Å². The zero-order valence-electron chi connectivity index (χ0n) is 14.0. The highest BCUT2D eigenvalue weighted by Gasteiger charge is 2.44. The second-order valence-corrected chi connectivity index (χ2v) is 7.22. The van der Waals surface area contributed by atoms with Crippen molar-refractivity contribution >= 4 is 34.1 Å². The van der Waals surface area contributed by atoms with Gasteiger partial charge in [0, 0.05) is 35.5 Å². The predicted molar refractivity (Wildman–Crippen MR) is 99.4 cm³/mol. The first-order valence-electron chi connectivity index (χ1n) is 8.71. The number of H-pyrrole nitrogens is 1. The molecule has 2 unspecified atom stereocenters. The third-order valence-corrected chi connectivity index (χ3v) is 5.65. The Kier molecular flexibility index (Phi) is 3.35. The minimum Gasteiger partial charge on any atom is -0.365 e. The van der Waals surface area contributed by atoms with Crippen LogP contribution in [-0.4, -0.2) is 45.3 Å². The van der Waals surface area contributed by atoms with Crippen molar-refractivity contribution in [3.05, 3.63) is 41.3 Å². The highest BCUT2D eigenvalue weighted by atomic mass is 35.5. The summed E-state index contributed by atoms with van der Waals surface area (Å²) in [5.41, 5.74) is 3.08. The normalized spacial score (nSPS) is 22.3. The van der Waals surface area contributed by atoms with Crippen molar-refractivity contribution in [1.29, 1.82) is 0 Å². The van der Waals surface area contributed by atoms with Crippen molar-refractivity contribution < 1.29 is 0 Å². The Morgan fingerprint density at radius 1 is 1.20 bits per heavy atom. The fraction of sp³-hybridized carbons (Fsp3) is 0.389. The molecule has 25 heavy (non-hydrogen) atoms. The van der Waals surface area contributed by atoms with Crippen molar-refractivity contribution in [3.8, 4) is 0 Å². The number of halogens is 1. The van der Waals surface area contributed by atoms with Crippen molar-refractivity contribution in [2.75, 3.05) is 22.9 Å². The summed E-state index contributed by atoms with van der Waals surface area (Å²) >= 11 is 6.17. The van der Waals surface area contributed by atoms with Gasteiger partial charge < -0.3 is 9.80 Å². The molecule has 128 valence electrons. The van der Waals surface area contributed by atoms with Crippen LogP contribution in [-0.2, 0) is 6.42 Å². The van der Waals surface area contributed by atoms with Crippen molar-refractivity contribution in [3.63, 3.8) is 0 Å². The maximum Gasteiger partial charge on any atom is 0.186 e. The van der Waals surface area contributed by atoms with Crippen LogP contribution in [0.25, 0.3) is 11.0 Å². The number of piperazine rings is 1. The second kappa shape index (κ2) is 5.59. The highest BCUT2D eigenvalue weighted by Crippen LogP contribution is 2.39. The lowest BCUT2D eigenvalue weighted by atomic mass is 10.2. The Bertz CT molecular complexity index is 938. The number of hydrogen-bond acceptors (Lipinski definition) is 5. The number of aromatic amines is 1. The molecule has 2 aromatic heterocycles. The molecule has 2 fully saturated rings. The van der Waals surface area contributed by atoms with E-state index in [1.807, 2.05) is 12.1 Å². The standard InChI is InChI=1S/C18H19ClN6/c1-2-15-16-17(23-22-15)20-10-21-18(16)25-9-13-7-14(25)8-24(13)12-5-3-4-11(19)6-12/h3-6,10,13-14H,2,7-9H2,1H3,(H,20,21,22,23). The zero-order chi connectivity index (χ0) is 17.0. The molecule has 0 spiro atoms. The molecule has 2 atom stereocenters. The topological polar surface area (TPSA) is 60.9 Å². The fourth-order valence-electron chi connectivity index (χ4n) is 4.27. The minimum atomic E-state index is 0.460. The summed E-state index contributed by atoms with van der Waals surface area (Å²) in [6.45, 7) is 4.09. The molecule has 2 saturated heterocycles. The van der Waals surface area contributed by atoms with Crippen molar-refractivity contribution in [2.45, 2.75) is 31.8 Å². The monoisotopic (exact) mass is 354 g/mol. The molecule has 7 heteroatoms. The lowest BCUT2D eigenvalue weighted by Crippen LogP contribution is -2.47. The summed E-state index contributed by atoms with van der Waals surface area (Å²) in [4.78, 5) is 13.8. The molecule has 1 aromatic carbocycles. The molecule has 2 aliphatic heterocycles. The molecule has 2 aliphatic rings. The molecular weight excluding hydrogens is 336 g/mol. The van der Waals surface area contributed by atoms with E-state index in [2.05, 4.69) is 49.0 Å². The molecule has 6 nitrogen and oxygen atoms in total. The molecule has 5 rings (SSSR count). The Morgan fingerprint density at radius 3 is 2.80 bits per heavy atom. The quantitative estimate of drug-likeness (QED) is 0.783. The fourth-order valence-corrected chi connectivity index (χ4v) is 4.45. The van der Waals surface area contributed by atoms with Crippen LogP contribution in [0.3, 0.4) is 0 Å². The van der Waals surface area contributed by atoms with E-state index in [1.54, 1.807) is 6.33 Å². The molecule has 0 amide bonds. The Morgan fingerprint density at radius 2 is 2.04 bits per heavy atom. The first kappa shape index (κ1) is 15.0. The van der Waals surface area contributed by atoms with Gasteiger partial charge in [0.05, 0.1) is 11.4 Å². The van der Waals surface area contributed by atoms with E-state index in [4.69, 9.17) is 11.6 Å². The number of rotatable bonds is 3. The van der Waals surface area contributed by atoms with E-state index in [0.29, 0.717) is 12.1 Å². The van der Waals surface area contributed by atoms with Gasteiger partial charge >= 0.3 is 0 Å². The van der Waals surface area contributed by atoms with Gasteiger partial charge in [0.2, 0.25) is 0 Å². The maximum atomic E-state index is 6.17. The SMILES string of the molecule is CCc1[nH]nc2ncnc(N3CC4CC3CN4c3cccc(Cl)c3)c12. The van der Waals surface area contributed by atoms with Gasteiger partial charge in [0.25, 0.3) is 0 Å². The van der Waals surface area contributed by atoms with Crippen LogP contribution < -0.4 is 9.80 Å². The van der Waals surface area contributed by atoms with Gasteiger partial charge in [-0.05, 0) is 31.0 Å². The van der Waals surface area contributed by atoms with Crippen LogP contribution in [0.15, 0.2) is 30.6 Å². The molecule has 1 N–H and O–H groups in total. The number of nitrogens with one attached hydrogen (secondary N) is 1. The Labute approximate surface area is 150 Å². The van der Waals surface area contributed by atoms with Gasteiger partial charge in [-0.25, -0.2) is 9.97 Å². The number of fused-ring (bicyclic) bond motifs is 3. The van der Waals surface area contributed by atoms with Gasteiger partial charge in [0.1, 0.15) is 12.1 Å². The second-order valence-electron chi connectivity index (χ2n) is 6.78. The van der Waals surface area contributed by atoms with Crippen LogP contribution >= 0.6 is 11.6 Å². The zero-order valence-corrected chi connectivity index (χ0v) is 14.7. The van der Waals surface area contributed by atoms with Crippen LogP contribution in [0.1, 0.15) is 19.0 Å². The van der Waals surface area contributed by atoms with E-state index < -0.39 is 0 Å². The first-order chi connectivity index (χ1) is 12.2. The van der Waals surface area contributed by atoms with E-state index >= 15 is 0 Å². The Balaban J connectivity index is 1.47. The number of nitrogens with zero attached hydrogens (tertiary/aromatic N) is 5. The first-order valence-corrected chi connectivity index (χ1v) is 9.09. The molecule has 0 aliphatic carbocycles. The predicted octanol–water partition coefficient (Wildman–Crippen LogP) is 3.04. The highest BCUT2D eigenvalue weighted by molar-refractivity contribution is 6.30. The molecule has 2 bridgehead atoms. The molecule has 3 aromatic rings. The largest absolute Gasteiger partial charge is 0.365 e. The summed E-state index contributed by atoms with van der Waals surface area (Å²) in [5, 5.41) is 9.30. The molecule has 4 heterocycles. The molecule has 0 radical (unpaired) electrons. The van der Waals surface area contributed by atoms with Gasteiger partial charge in [0.15, 0.2) is 5.65 Å². The lowest BCUT2D eigenvalue weighted by molar-refractivity contribution is 0.642. The van der Waals surface area contributed by atoms with Crippen molar-refractivity contribution in [2.24, 2.45) is 0 Å². The third-order valence-electron chi connectivity index (χ3n) is 5.41. The third kappa shape index (κ3) is 2.28.